The van der Waals surface area contributed by atoms with E-state index in [0.29, 0.717) is 5.75 Å². The van der Waals surface area contributed by atoms with Crippen molar-refractivity contribution in [3.63, 3.8) is 0 Å². The minimum absolute atomic E-state index is 0.157. The van der Waals surface area contributed by atoms with Crippen molar-refractivity contribution >= 4 is 23.4 Å². The van der Waals surface area contributed by atoms with Gasteiger partial charge in [0.25, 0.3) is 5.91 Å². The second kappa shape index (κ2) is 7.36. The van der Waals surface area contributed by atoms with Crippen LogP contribution >= 0.6 is 11.8 Å². The van der Waals surface area contributed by atoms with E-state index in [1.54, 1.807) is 18.7 Å². The number of ether oxygens (including phenoxy) is 1. The highest BCUT2D eigenvalue weighted by Gasteiger charge is 2.15. The van der Waals surface area contributed by atoms with Crippen LogP contribution in [-0.4, -0.2) is 18.3 Å². The first-order valence-corrected chi connectivity index (χ1v) is 8.41. The molecule has 22 heavy (non-hydrogen) atoms. The summed E-state index contributed by atoms with van der Waals surface area (Å²) in [4.78, 5) is 13.3. The number of carbonyl (C=O) groups is 1. The van der Waals surface area contributed by atoms with Crippen LogP contribution in [0.2, 0.25) is 0 Å². The van der Waals surface area contributed by atoms with Crippen LogP contribution in [0.15, 0.2) is 47.4 Å². The third kappa shape index (κ3) is 4.28. The molecule has 4 heteroatoms. The molecule has 0 aromatic heterocycles. The molecule has 2 aromatic carbocycles. The van der Waals surface area contributed by atoms with E-state index < -0.39 is 6.10 Å². The Morgan fingerprint density at radius 3 is 2.36 bits per heavy atom. The van der Waals surface area contributed by atoms with Crippen molar-refractivity contribution in [1.29, 1.82) is 0 Å². The lowest BCUT2D eigenvalue weighted by Gasteiger charge is -2.15. The van der Waals surface area contributed by atoms with Gasteiger partial charge in [-0.25, -0.2) is 0 Å². The number of thioether (sulfide) groups is 1. The molecule has 1 amide bonds. The van der Waals surface area contributed by atoms with Crippen LogP contribution in [0.5, 0.6) is 5.75 Å². The van der Waals surface area contributed by atoms with Crippen LogP contribution in [0.4, 0.5) is 5.69 Å². The maximum absolute atomic E-state index is 12.2. The maximum atomic E-state index is 12.2. The Balaban J connectivity index is 1.97. The van der Waals surface area contributed by atoms with Gasteiger partial charge in [0.15, 0.2) is 6.10 Å². The molecule has 0 spiro atoms. The Morgan fingerprint density at radius 1 is 1.09 bits per heavy atom. The molecule has 0 aliphatic carbocycles. The van der Waals surface area contributed by atoms with Crippen molar-refractivity contribution in [2.45, 2.75) is 31.8 Å². The van der Waals surface area contributed by atoms with E-state index in [-0.39, 0.29) is 5.91 Å². The van der Waals surface area contributed by atoms with Gasteiger partial charge >= 0.3 is 0 Å². The fourth-order valence-corrected chi connectivity index (χ4v) is 2.37. The lowest BCUT2D eigenvalue weighted by Crippen LogP contribution is -2.30. The summed E-state index contributed by atoms with van der Waals surface area (Å²) in [5, 5.41) is 2.87. The Bertz CT molecular complexity index is 653. The van der Waals surface area contributed by atoms with Crippen molar-refractivity contribution < 1.29 is 9.53 Å². The van der Waals surface area contributed by atoms with Gasteiger partial charge in [-0.1, -0.05) is 6.07 Å². The molecule has 1 unspecified atom stereocenters. The van der Waals surface area contributed by atoms with Crippen LogP contribution in [0.1, 0.15) is 18.1 Å². The highest BCUT2D eigenvalue weighted by Crippen LogP contribution is 2.19. The number of amides is 1. The van der Waals surface area contributed by atoms with Crippen molar-refractivity contribution in [3.05, 3.63) is 53.6 Å². The average molecular weight is 315 g/mol. The van der Waals surface area contributed by atoms with E-state index in [1.165, 1.54) is 5.56 Å². The Hall–Kier alpha value is -1.94. The first-order valence-electron chi connectivity index (χ1n) is 7.18. The van der Waals surface area contributed by atoms with Crippen LogP contribution in [0.3, 0.4) is 0 Å². The van der Waals surface area contributed by atoms with Gasteiger partial charge in [0.1, 0.15) is 5.75 Å². The molecule has 0 aliphatic rings. The summed E-state index contributed by atoms with van der Waals surface area (Å²) in [5.74, 6) is 0.554. The molecule has 2 rings (SSSR count). The van der Waals surface area contributed by atoms with E-state index in [4.69, 9.17) is 4.74 Å². The summed E-state index contributed by atoms with van der Waals surface area (Å²) in [7, 11) is 0. The van der Waals surface area contributed by atoms with Crippen LogP contribution in [0.25, 0.3) is 0 Å². The Kier molecular flexibility index (Phi) is 5.50. The zero-order valence-electron chi connectivity index (χ0n) is 13.3. The summed E-state index contributed by atoms with van der Waals surface area (Å²) >= 11 is 1.67. The Labute approximate surface area is 136 Å². The summed E-state index contributed by atoms with van der Waals surface area (Å²) in [6, 6.07) is 13.6. The summed E-state index contributed by atoms with van der Waals surface area (Å²) < 4.78 is 5.71. The van der Waals surface area contributed by atoms with Gasteiger partial charge in [0, 0.05) is 10.6 Å². The highest BCUT2D eigenvalue weighted by atomic mass is 32.2. The molecule has 1 N–H and O–H groups in total. The molecule has 0 saturated carbocycles. The molecule has 0 bridgehead atoms. The van der Waals surface area contributed by atoms with Crippen LogP contribution in [0, 0.1) is 13.8 Å². The van der Waals surface area contributed by atoms with Gasteiger partial charge in [0.05, 0.1) is 0 Å². The number of rotatable bonds is 5. The second-order valence-corrected chi connectivity index (χ2v) is 6.10. The Morgan fingerprint density at radius 2 is 1.77 bits per heavy atom. The molecule has 3 nitrogen and oxygen atoms in total. The smallest absolute Gasteiger partial charge is 0.265 e. The first kappa shape index (κ1) is 16.4. The third-order valence-corrected chi connectivity index (χ3v) is 4.26. The van der Waals surface area contributed by atoms with Crippen LogP contribution < -0.4 is 10.1 Å². The number of hydrogen-bond acceptors (Lipinski definition) is 3. The van der Waals surface area contributed by atoms with E-state index in [9.17, 15) is 4.79 Å². The largest absolute Gasteiger partial charge is 0.481 e. The predicted molar refractivity (Wildman–Crippen MR) is 92.9 cm³/mol. The molecule has 0 fully saturated rings. The summed E-state index contributed by atoms with van der Waals surface area (Å²) in [5.41, 5.74) is 3.13. The number of aryl methyl sites for hydroxylation is 2. The summed E-state index contributed by atoms with van der Waals surface area (Å²) in [6.45, 7) is 5.83. The molecule has 2 aromatic rings. The monoisotopic (exact) mass is 315 g/mol. The molecule has 0 radical (unpaired) electrons. The molecular formula is C18H21NO2S. The van der Waals surface area contributed by atoms with Crippen molar-refractivity contribution in [3.8, 4) is 5.75 Å². The predicted octanol–water partition coefficient (Wildman–Crippen LogP) is 4.43. The second-order valence-electron chi connectivity index (χ2n) is 5.22. The third-order valence-electron chi connectivity index (χ3n) is 3.52. The quantitative estimate of drug-likeness (QED) is 0.829. The minimum atomic E-state index is -0.553. The van der Waals surface area contributed by atoms with Crippen molar-refractivity contribution in [1.82, 2.24) is 0 Å². The molecule has 116 valence electrons. The summed E-state index contributed by atoms with van der Waals surface area (Å²) in [6.07, 6.45) is 1.47. The number of anilines is 1. The number of nitrogens with one attached hydrogen (secondary N) is 1. The van der Waals surface area contributed by atoms with Crippen molar-refractivity contribution in [2.24, 2.45) is 0 Å². The normalized spacial score (nSPS) is 11.8. The minimum Gasteiger partial charge on any atom is -0.481 e. The number of benzene rings is 2. The standard InChI is InChI=1S/C18H21NO2S/c1-12-5-8-16(11-13(12)2)21-14(3)18(20)19-15-6-9-17(22-4)10-7-15/h5-11,14H,1-4H3,(H,19,20). The van der Waals surface area contributed by atoms with Gasteiger partial charge in [-0.05, 0) is 74.6 Å². The van der Waals surface area contributed by atoms with Crippen LogP contribution in [-0.2, 0) is 4.79 Å². The first-order chi connectivity index (χ1) is 10.5. The van der Waals surface area contributed by atoms with Gasteiger partial charge in [0.2, 0.25) is 0 Å². The highest BCUT2D eigenvalue weighted by molar-refractivity contribution is 7.98. The fourth-order valence-electron chi connectivity index (χ4n) is 1.96. The average Bonchev–Trinajstić information content (AvgIpc) is 2.51. The van der Waals surface area contributed by atoms with Gasteiger partial charge in [-0.2, -0.15) is 0 Å². The van der Waals surface area contributed by atoms with Gasteiger partial charge in [-0.15, -0.1) is 11.8 Å². The lowest BCUT2D eigenvalue weighted by atomic mass is 10.1. The number of hydrogen-bond donors (Lipinski definition) is 1. The van der Waals surface area contributed by atoms with Gasteiger partial charge in [-0.3, -0.25) is 4.79 Å². The number of carbonyl (C=O) groups excluding carboxylic acids is 1. The topological polar surface area (TPSA) is 38.3 Å². The van der Waals surface area contributed by atoms with E-state index in [2.05, 4.69) is 5.32 Å². The maximum Gasteiger partial charge on any atom is 0.265 e. The zero-order valence-corrected chi connectivity index (χ0v) is 14.2. The lowest BCUT2D eigenvalue weighted by molar-refractivity contribution is -0.122. The van der Waals surface area contributed by atoms with E-state index in [0.717, 1.165) is 16.1 Å². The zero-order chi connectivity index (χ0) is 16.1. The van der Waals surface area contributed by atoms with Gasteiger partial charge < -0.3 is 10.1 Å². The van der Waals surface area contributed by atoms with E-state index >= 15 is 0 Å². The van der Waals surface area contributed by atoms with Crippen molar-refractivity contribution in [2.75, 3.05) is 11.6 Å². The molecule has 0 aliphatic heterocycles. The molecule has 1 atom stereocenters. The SMILES string of the molecule is CSc1ccc(NC(=O)C(C)Oc2ccc(C)c(C)c2)cc1. The molecule has 0 saturated heterocycles. The molecular weight excluding hydrogens is 294 g/mol. The molecule has 0 heterocycles. The van der Waals surface area contributed by atoms with E-state index in [1.807, 2.05) is 62.6 Å². The fraction of sp³-hybridized carbons (Fsp3) is 0.278.